The molecule has 0 radical (unpaired) electrons. The third-order valence-corrected chi connectivity index (χ3v) is 2.92. The Morgan fingerprint density at radius 3 is 2.94 bits per heavy atom. The number of nitrogens with zero attached hydrogens (tertiary/aromatic N) is 3. The molecule has 4 heteroatoms. The molecule has 0 aliphatic rings. The Bertz CT molecular complexity index is 551. The molecule has 0 aromatic carbocycles. The fraction of sp³-hybridized carbons (Fsp3) is 0.286. The van der Waals surface area contributed by atoms with Gasteiger partial charge in [0, 0.05) is 32.0 Å². The maximum Gasteiger partial charge on any atom is 0.120 e. The normalized spacial score (nSPS) is 12.1. The molecule has 0 aliphatic heterocycles. The summed E-state index contributed by atoms with van der Waals surface area (Å²) in [5.74, 6) is 0. The van der Waals surface area contributed by atoms with Crippen molar-refractivity contribution in [2.75, 3.05) is 0 Å². The summed E-state index contributed by atoms with van der Waals surface area (Å²) in [5, 5.41) is 12.3. The number of nitrogens with one attached hydrogen (secondary N) is 1. The summed E-state index contributed by atoms with van der Waals surface area (Å²) in [4.78, 5) is 4.31. The number of nitriles is 1. The number of hydrogen-bond acceptors (Lipinski definition) is 3. The molecule has 0 aliphatic carbocycles. The minimum atomic E-state index is 0.192. The van der Waals surface area contributed by atoms with Crippen LogP contribution in [-0.4, -0.2) is 9.55 Å². The average Bonchev–Trinajstić information content (AvgIpc) is 2.77. The van der Waals surface area contributed by atoms with Gasteiger partial charge in [-0.25, -0.2) is 0 Å². The second-order valence-corrected chi connectivity index (χ2v) is 4.31. The molecule has 0 amide bonds. The molecule has 4 nitrogen and oxygen atoms in total. The van der Waals surface area contributed by atoms with E-state index >= 15 is 0 Å². The minimum absolute atomic E-state index is 0.192. The van der Waals surface area contributed by atoms with Gasteiger partial charge in [-0.05, 0) is 30.7 Å². The topological polar surface area (TPSA) is 53.6 Å². The Balaban J connectivity index is 1.97. The van der Waals surface area contributed by atoms with Crippen molar-refractivity contribution >= 4 is 0 Å². The lowest BCUT2D eigenvalue weighted by molar-refractivity contribution is 0.561. The lowest BCUT2D eigenvalue weighted by Gasteiger charge is -2.12. The average molecular weight is 240 g/mol. The van der Waals surface area contributed by atoms with Gasteiger partial charge in [-0.2, -0.15) is 5.26 Å². The summed E-state index contributed by atoms with van der Waals surface area (Å²) >= 11 is 0. The maximum absolute atomic E-state index is 8.89. The van der Waals surface area contributed by atoms with Crippen LogP contribution in [0, 0.1) is 11.3 Å². The number of hydrogen-bond donors (Lipinski definition) is 1. The van der Waals surface area contributed by atoms with E-state index in [9.17, 15) is 0 Å². The van der Waals surface area contributed by atoms with Crippen LogP contribution in [0.1, 0.15) is 29.9 Å². The summed E-state index contributed by atoms with van der Waals surface area (Å²) in [6, 6.07) is 10.1. The lowest BCUT2D eigenvalue weighted by Crippen LogP contribution is -2.18. The van der Waals surface area contributed by atoms with Gasteiger partial charge >= 0.3 is 0 Å². The first-order chi connectivity index (χ1) is 8.70. The summed E-state index contributed by atoms with van der Waals surface area (Å²) in [6.45, 7) is 2.81. The third kappa shape index (κ3) is 2.76. The van der Waals surface area contributed by atoms with Crippen LogP contribution in [0.3, 0.4) is 0 Å². The van der Waals surface area contributed by atoms with Gasteiger partial charge in [0.1, 0.15) is 11.8 Å². The molecule has 92 valence electrons. The van der Waals surface area contributed by atoms with Crippen LogP contribution in [0.15, 0.2) is 36.7 Å². The molecular formula is C14H16N4. The molecule has 18 heavy (non-hydrogen) atoms. The van der Waals surface area contributed by atoms with Crippen LogP contribution in [0.4, 0.5) is 0 Å². The van der Waals surface area contributed by atoms with Gasteiger partial charge in [-0.3, -0.25) is 4.98 Å². The zero-order valence-corrected chi connectivity index (χ0v) is 10.6. The summed E-state index contributed by atoms with van der Waals surface area (Å²) in [6.07, 6.45) is 3.76. The van der Waals surface area contributed by atoms with Crippen LogP contribution in [-0.2, 0) is 13.6 Å². The molecule has 0 spiro atoms. The van der Waals surface area contributed by atoms with E-state index in [2.05, 4.69) is 23.3 Å². The molecule has 0 saturated carbocycles. The van der Waals surface area contributed by atoms with Crippen molar-refractivity contribution in [1.29, 1.82) is 5.26 Å². The Morgan fingerprint density at radius 1 is 1.50 bits per heavy atom. The Morgan fingerprint density at radius 2 is 2.33 bits per heavy atom. The Kier molecular flexibility index (Phi) is 3.75. The van der Waals surface area contributed by atoms with Crippen molar-refractivity contribution < 1.29 is 0 Å². The smallest absolute Gasteiger partial charge is 0.120 e. The molecule has 1 N–H and O–H groups in total. The van der Waals surface area contributed by atoms with E-state index in [1.807, 2.05) is 42.1 Å². The van der Waals surface area contributed by atoms with Crippen LogP contribution in [0.25, 0.3) is 0 Å². The highest BCUT2D eigenvalue weighted by molar-refractivity contribution is 5.28. The summed E-state index contributed by atoms with van der Waals surface area (Å²) in [5.41, 5.74) is 2.81. The van der Waals surface area contributed by atoms with Gasteiger partial charge in [-0.15, -0.1) is 0 Å². The molecule has 2 aromatic rings. The van der Waals surface area contributed by atoms with Gasteiger partial charge in [0.15, 0.2) is 0 Å². The van der Waals surface area contributed by atoms with E-state index in [4.69, 9.17) is 5.26 Å². The van der Waals surface area contributed by atoms with Crippen molar-refractivity contribution in [3.8, 4) is 6.07 Å². The van der Waals surface area contributed by atoms with E-state index in [0.29, 0.717) is 5.69 Å². The van der Waals surface area contributed by atoms with Gasteiger partial charge < -0.3 is 9.88 Å². The number of rotatable bonds is 4. The molecule has 2 aromatic heterocycles. The van der Waals surface area contributed by atoms with Crippen molar-refractivity contribution in [2.24, 2.45) is 7.05 Å². The van der Waals surface area contributed by atoms with Gasteiger partial charge in [0.2, 0.25) is 0 Å². The second kappa shape index (κ2) is 5.48. The van der Waals surface area contributed by atoms with E-state index < -0.39 is 0 Å². The first-order valence-corrected chi connectivity index (χ1v) is 5.90. The van der Waals surface area contributed by atoms with E-state index in [1.165, 1.54) is 0 Å². The van der Waals surface area contributed by atoms with Crippen LogP contribution >= 0.6 is 0 Å². The minimum Gasteiger partial charge on any atom is -0.342 e. The van der Waals surface area contributed by atoms with Gasteiger partial charge in [0.25, 0.3) is 0 Å². The quantitative estimate of drug-likeness (QED) is 0.890. The second-order valence-electron chi connectivity index (χ2n) is 4.31. The zero-order valence-electron chi connectivity index (χ0n) is 10.6. The molecular weight excluding hydrogens is 224 g/mol. The first-order valence-electron chi connectivity index (χ1n) is 5.90. The fourth-order valence-electron chi connectivity index (χ4n) is 1.85. The molecule has 1 atom stereocenters. The summed E-state index contributed by atoms with van der Waals surface area (Å²) in [7, 11) is 1.88. The molecule has 1 unspecified atom stereocenters. The van der Waals surface area contributed by atoms with Crippen molar-refractivity contribution in [3.63, 3.8) is 0 Å². The van der Waals surface area contributed by atoms with Crippen LogP contribution in [0.2, 0.25) is 0 Å². The number of pyridine rings is 1. The predicted molar refractivity (Wildman–Crippen MR) is 69.6 cm³/mol. The summed E-state index contributed by atoms with van der Waals surface area (Å²) < 4.78 is 1.84. The predicted octanol–water partition coefficient (Wildman–Crippen LogP) is 2.14. The molecule has 0 fully saturated rings. The lowest BCUT2D eigenvalue weighted by atomic mass is 10.2. The molecule has 0 bridgehead atoms. The molecule has 2 heterocycles. The van der Waals surface area contributed by atoms with Crippen LogP contribution < -0.4 is 5.32 Å². The first kappa shape index (κ1) is 12.3. The van der Waals surface area contributed by atoms with Crippen molar-refractivity contribution in [2.45, 2.75) is 19.5 Å². The molecule has 2 rings (SSSR count). The highest BCUT2D eigenvalue weighted by Gasteiger charge is 2.07. The largest absolute Gasteiger partial charge is 0.342 e. The zero-order chi connectivity index (χ0) is 13.0. The molecule has 0 saturated heterocycles. The third-order valence-electron chi connectivity index (χ3n) is 2.92. The fourth-order valence-corrected chi connectivity index (χ4v) is 1.85. The van der Waals surface area contributed by atoms with E-state index in [1.54, 1.807) is 6.20 Å². The number of aromatic nitrogens is 2. The van der Waals surface area contributed by atoms with Gasteiger partial charge in [-0.1, -0.05) is 6.07 Å². The number of aryl methyl sites for hydroxylation is 1. The van der Waals surface area contributed by atoms with Crippen molar-refractivity contribution in [1.82, 2.24) is 14.9 Å². The highest BCUT2D eigenvalue weighted by Crippen LogP contribution is 2.11. The van der Waals surface area contributed by atoms with E-state index in [0.717, 1.165) is 17.8 Å². The Labute approximate surface area is 107 Å². The van der Waals surface area contributed by atoms with Crippen LogP contribution in [0.5, 0.6) is 0 Å². The highest BCUT2D eigenvalue weighted by atomic mass is 15.0. The van der Waals surface area contributed by atoms with E-state index in [-0.39, 0.29) is 6.04 Å². The maximum atomic E-state index is 8.89. The van der Waals surface area contributed by atoms with Gasteiger partial charge in [0.05, 0.1) is 5.69 Å². The van der Waals surface area contributed by atoms with Crippen molar-refractivity contribution in [3.05, 3.63) is 53.6 Å². The standard InChI is InChI=1S/C14H16N4/c1-11(14-5-3-4-6-16-14)17-9-12-7-13(8-15)18(2)10-12/h3-7,10-11,17H,9H2,1-2H3. The SMILES string of the molecule is CC(NCc1cc(C#N)n(C)c1)c1ccccn1. The monoisotopic (exact) mass is 240 g/mol. The Hall–Kier alpha value is -2.12.